The lowest BCUT2D eigenvalue weighted by atomic mass is 10.1. The molecule has 3 aromatic rings. The fraction of sp³-hybridized carbons (Fsp3) is 0.118. The predicted molar refractivity (Wildman–Crippen MR) is 83.3 cm³/mol. The van der Waals surface area contributed by atoms with Crippen molar-refractivity contribution in [2.75, 3.05) is 17.2 Å². The minimum atomic E-state index is -0.206. The van der Waals surface area contributed by atoms with Crippen LogP contribution in [0.3, 0.4) is 0 Å². The van der Waals surface area contributed by atoms with Gasteiger partial charge in [-0.1, -0.05) is 6.07 Å². The molecule has 21 heavy (non-hydrogen) atoms. The van der Waals surface area contributed by atoms with Gasteiger partial charge in [-0.25, -0.2) is 4.39 Å². The summed E-state index contributed by atoms with van der Waals surface area (Å²) in [5, 5.41) is 1.97. The topological polar surface area (TPSA) is 42.1 Å². The molecule has 1 aliphatic rings. The van der Waals surface area contributed by atoms with E-state index in [2.05, 4.69) is 9.88 Å². The second-order valence-corrected chi connectivity index (χ2v) is 5.27. The van der Waals surface area contributed by atoms with Crippen LogP contribution in [0, 0.1) is 5.82 Å². The van der Waals surface area contributed by atoms with E-state index in [-0.39, 0.29) is 5.82 Å². The Morgan fingerprint density at radius 1 is 1.05 bits per heavy atom. The van der Waals surface area contributed by atoms with E-state index >= 15 is 0 Å². The highest BCUT2D eigenvalue weighted by molar-refractivity contribution is 6.02. The Morgan fingerprint density at radius 3 is 2.86 bits per heavy atom. The van der Waals surface area contributed by atoms with Gasteiger partial charge in [0.1, 0.15) is 5.82 Å². The molecule has 2 aromatic carbocycles. The maximum Gasteiger partial charge on any atom is 0.125 e. The first kappa shape index (κ1) is 12.1. The summed E-state index contributed by atoms with van der Waals surface area (Å²) in [5.74, 6) is -0.206. The van der Waals surface area contributed by atoms with Crippen LogP contribution in [0.15, 0.2) is 48.8 Å². The summed E-state index contributed by atoms with van der Waals surface area (Å²) in [5.41, 5.74) is 9.90. The van der Waals surface area contributed by atoms with Crippen molar-refractivity contribution in [1.82, 2.24) is 4.98 Å². The molecule has 0 bridgehead atoms. The predicted octanol–water partition coefficient (Wildman–Crippen LogP) is 3.65. The highest BCUT2D eigenvalue weighted by atomic mass is 19.1. The summed E-state index contributed by atoms with van der Waals surface area (Å²) < 4.78 is 13.6. The highest BCUT2D eigenvalue weighted by Gasteiger charge is 2.22. The standard InChI is InChI=1S/C17H14FN3/c18-12-2-1-11-6-8-21(17(11)9-12)16-4-3-15(19)14-10-20-7-5-13(14)16/h1-5,7,9-10H,6,8,19H2. The third-order valence-electron chi connectivity index (χ3n) is 4.06. The summed E-state index contributed by atoms with van der Waals surface area (Å²) in [6, 6.07) is 10.8. The van der Waals surface area contributed by atoms with Gasteiger partial charge in [-0.05, 0) is 42.3 Å². The van der Waals surface area contributed by atoms with Crippen molar-refractivity contribution < 1.29 is 4.39 Å². The molecule has 0 spiro atoms. The average Bonchev–Trinajstić information content (AvgIpc) is 2.91. The van der Waals surface area contributed by atoms with Crippen molar-refractivity contribution >= 4 is 27.8 Å². The molecule has 0 fully saturated rings. The summed E-state index contributed by atoms with van der Waals surface area (Å²) in [7, 11) is 0. The van der Waals surface area contributed by atoms with Crippen molar-refractivity contribution in [3.63, 3.8) is 0 Å². The number of nitrogens with two attached hydrogens (primary N) is 1. The van der Waals surface area contributed by atoms with Crippen molar-refractivity contribution in [3.05, 3.63) is 60.2 Å². The molecule has 0 radical (unpaired) electrons. The first-order valence-electron chi connectivity index (χ1n) is 6.92. The summed E-state index contributed by atoms with van der Waals surface area (Å²) in [6.07, 6.45) is 4.46. The van der Waals surface area contributed by atoms with E-state index in [0.717, 1.165) is 35.1 Å². The average molecular weight is 279 g/mol. The Hall–Kier alpha value is -2.62. The largest absolute Gasteiger partial charge is 0.398 e. The van der Waals surface area contributed by atoms with Crippen molar-refractivity contribution in [3.8, 4) is 0 Å². The third-order valence-corrected chi connectivity index (χ3v) is 4.06. The smallest absolute Gasteiger partial charge is 0.125 e. The molecule has 0 unspecified atom stereocenters. The van der Waals surface area contributed by atoms with E-state index in [1.54, 1.807) is 18.5 Å². The lowest BCUT2D eigenvalue weighted by molar-refractivity contribution is 0.628. The lowest BCUT2D eigenvalue weighted by Crippen LogP contribution is -2.14. The van der Waals surface area contributed by atoms with E-state index in [0.29, 0.717) is 5.69 Å². The molecule has 0 saturated carbocycles. The first-order valence-corrected chi connectivity index (χ1v) is 6.92. The van der Waals surface area contributed by atoms with Gasteiger partial charge in [-0.15, -0.1) is 0 Å². The van der Waals surface area contributed by atoms with Gasteiger partial charge in [-0.2, -0.15) is 0 Å². The van der Waals surface area contributed by atoms with Gasteiger partial charge in [0.25, 0.3) is 0 Å². The third kappa shape index (κ3) is 1.83. The Bertz CT molecular complexity index is 845. The molecule has 1 aliphatic heterocycles. The molecular formula is C17H14FN3. The number of anilines is 3. The maximum atomic E-state index is 13.6. The molecule has 4 heteroatoms. The molecule has 0 aliphatic carbocycles. The van der Waals surface area contributed by atoms with Crippen LogP contribution in [0.1, 0.15) is 5.56 Å². The first-order chi connectivity index (χ1) is 10.2. The maximum absolute atomic E-state index is 13.6. The number of benzene rings is 2. The molecule has 2 heterocycles. The van der Waals surface area contributed by atoms with Gasteiger partial charge in [0.2, 0.25) is 0 Å². The minimum Gasteiger partial charge on any atom is -0.398 e. The fourth-order valence-electron chi connectivity index (χ4n) is 3.03. The van der Waals surface area contributed by atoms with Crippen LogP contribution in [0.4, 0.5) is 21.5 Å². The molecule has 1 aromatic heterocycles. The molecule has 2 N–H and O–H groups in total. The normalized spacial score (nSPS) is 13.7. The number of fused-ring (bicyclic) bond motifs is 2. The van der Waals surface area contributed by atoms with Crippen LogP contribution in [0.2, 0.25) is 0 Å². The van der Waals surface area contributed by atoms with Crippen LogP contribution >= 0.6 is 0 Å². The summed E-state index contributed by atoms with van der Waals surface area (Å²) >= 11 is 0. The van der Waals surface area contributed by atoms with Gasteiger partial charge in [0, 0.05) is 46.8 Å². The van der Waals surface area contributed by atoms with E-state index in [1.807, 2.05) is 24.3 Å². The van der Waals surface area contributed by atoms with Gasteiger partial charge in [0.05, 0.1) is 0 Å². The fourth-order valence-corrected chi connectivity index (χ4v) is 3.03. The number of pyridine rings is 1. The molecule has 3 nitrogen and oxygen atoms in total. The molecule has 0 atom stereocenters. The Labute approximate surface area is 121 Å². The number of aromatic nitrogens is 1. The van der Waals surface area contributed by atoms with Gasteiger partial charge < -0.3 is 10.6 Å². The molecule has 4 rings (SSSR count). The zero-order valence-corrected chi connectivity index (χ0v) is 11.4. The second kappa shape index (κ2) is 4.45. The van der Waals surface area contributed by atoms with Crippen LogP contribution in [-0.2, 0) is 6.42 Å². The number of nitrogen functional groups attached to an aromatic ring is 1. The van der Waals surface area contributed by atoms with Crippen molar-refractivity contribution in [1.29, 1.82) is 0 Å². The van der Waals surface area contributed by atoms with Crippen LogP contribution < -0.4 is 10.6 Å². The van der Waals surface area contributed by atoms with Gasteiger partial charge in [-0.3, -0.25) is 4.98 Å². The van der Waals surface area contributed by atoms with Crippen LogP contribution in [-0.4, -0.2) is 11.5 Å². The van der Waals surface area contributed by atoms with Gasteiger partial charge >= 0.3 is 0 Å². The Balaban J connectivity index is 1.94. The molecular weight excluding hydrogens is 265 g/mol. The van der Waals surface area contributed by atoms with Crippen LogP contribution in [0.5, 0.6) is 0 Å². The zero-order valence-electron chi connectivity index (χ0n) is 11.4. The highest BCUT2D eigenvalue weighted by Crippen LogP contribution is 2.39. The van der Waals surface area contributed by atoms with E-state index in [4.69, 9.17) is 5.73 Å². The molecule has 0 amide bonds. The monoisotopic (exact) mass is 279 g/mol. The summed E-state index contributed by atoms with van der Waals surface area (Å²) in [6.45, 7) is 0.847. The number of rotatable bonds is 1. The van der Waals surface area contributed by atoms with E-state index < -0.39 is 0 Å². The van der Waals surface area contributed by atoms with E-state index in [1.165, 1.54) is 11.6 Å². The van der Waals surface area contributed by atoms with Gasteiger partial charge in [0.15, 0.2) is 0 Å². The Kier molecular flexibility index (Phi) is 2.57. The number of hydrogen-bond acceptors (Lipinski definition) is 3. The summed E-state index contributed by atoms with van der Waals surface area (Å²) in [4.78, 5) is 6.29. The molecule has 0 saturated heterocycles. The number of halogens is 1. The SMILES string of the molecule is Nc1ccc(N2CCc3ccc(F)cc32)c2ccncc12. The van der Waals surface area contributed by atoms with Crippen LogP contribution in [0.25, 0.3) is 10.8 Å². The second-order valence-electron chi connectivity index (χ2n) is 5.27. The van der Waals surface area contributed by atoms with Crippen molar-refractivity contribution in [2.45, 2.75) is 6.42 Å². The minimum absolute atomic E-state index is 0.206. The quantitative estimate of drug-likeness (QED) is 0.691. The number of nitrogens with zero attached hydrogens (tertiary/aromatic N) is 2. The number of hydrogen-bond donors (Lipinski definition) is 1. The molecule has 104 valence electrons. The Morgan fingerprint density at radius 2 is 1.95 bits per heavy atom. The van der Waals surface area contributed by atoms with Crippen molar-refractivity contribution in [2.24, 2.45) is 0 Å². The van der Waals surface area contributed by atoms with E-state index in [9.17, 15) is 4.39 Å². The zero-order chi connectivity index (χ0) is 14.4. The lowest BCUT2D eigenvalue weighted by Gasteiger charge is -2.22.